The molecular formula is C11H14N2. The second-order valence-electron chi connectivity index (χ2n) is 3.17. The molecule has 0 amide bonds. The van der Waals surface area contributed by atoms with Crippen LogP contribution in [0.2, 0.25) is 0 Å². The van der Waals surface area contributed by atoms with Crippen LogP contribution in [0.15, 0.2) is 36.7 Å². The van der Waals surface area contributed by atoms with Crippen LogP contribution in [0.25, 0.3) is 0 Å². The van der Waals surface area contributed by atoms with Crippen LogP contribution in [-0.2, 0) is 0 Å². The molecule has 0 bridgehead atoms. The Labute approximate surface area is 83.3 Å². The van der Waals surface area contributed by atoms with Gasteiger partial charge in [-0.2, -0.15) is 0 Å². The number of hydrogen-bond acceptors (Lipinski definition) is 2. The highest BCUT2D eigenvalue weighted by Gasteiger charge is 2.11. The Hall–Kier alpha value is -1.44. The van der Waals surface area contributed by atoms with Gasteiger partial charge in [-0.15, -0.1) is 0 Å². The average molecular weight is 177 g/mol. The fourth-order valence-electron chi connectivity index (χ4n) is 1.46. The Bertz CT molecular complexity index is 412. The van der Waals surface area contributed by atoms with Crippen molar-refractivity contribution in [1.82, 2.24) is 4.90 Å². The highest BCUT2D eigenvalue weighted by atomic mass is 15.3. The summed E-state index contributed by atoms with van der Waals surface area (Å²) in [5.74, 6) is 0. The van der Waals surface area contributed by atoms with Crippen molar-refractivity contribution in [2.45, 2.75) is 6.92 Å². The van der Waals surface area contributed by atoms with E-state index in [9.17, 15) is 0 Å². The van der Waals surface area contributed by atoms with E-state index in [-0.39, 0.29) is 0 Å². The summed E-state index contributed by atoms with van der Waals surface area (Å²) in [6.45, 7) is 0.330. The predicted molar refractivity (Wildman–Crippen MR) is 55.4 cm³/mol. The minimum atomic E-state index is -2.06. The molecule has 1 aliphatic rings. The Morgan fingerprint density at radius 1 is 1.31 bits per heavy atom. The number of aryl methyl sites for hydroxylation is 1. The molecule has 0 fully saturated rings. The largest absolute Gasteiger partial charge is 0.361 e. The highest BCUT2D eigenvalue weighted by Crippen LogP contribution is 2.22. The van der Waals surface area contributed by atoms with Gasteiger partial charge >= 0.3 is 0 Å². The summed E-state index contributed by atoms with van der Waals surface area (Å²) >= 11 is 0. The van der Waals surface area contributed by atoms with E-state index >= 15 is 0 Å². The lowest BCUT2D eigenvalue weighted by atomic mass is 10.2. The fraction of sp³-hybridized carbons (Fsp3) is 0.273. The molecule has 1 aromatic carbocycles. The molecule has 1 aromatic rings. The third-order valence-electron chi connectivity index (χ3n) is 2.16. The molecule has 0 aromatic heterocycles. The van der Waals surface area contributed by atoms with Crippen molar-refractivity contribution in [3.05, 3.63) is 42.2 Å². The molecule has 68 valence electrons. The van der Waals surface area contributed by atoms with E-state index in [0.717, 1.165) is 11.3 Å². The number of hydrogen-bond donors (Lipinski definition) is 0. The van der Waals surface area contributed by atoms with E-state index in [4.69, 9.17) is 4.11 Å². The van der Waals surface area contributed by atoms with Gasteiger partial charge in [-0.05, 0) is 18.6 Å². The van der Waals surface area contributed by atoms with Gasteiger partial charge in [0.15, 0.2) is 0 Å². The average Bonchev–Trinajstić information content (AvgIpc) is 2.66. The maximum absolute atomic E-state index is 7.32. The van der Waals surface area contributed by atoms with Crippen molar-refractivity contribution < 1.29 is 4.11 Å². The molecule has 0 spiro atoms. The molecule has 1 heterocycles. The van der Waals surface area contributed by atoms with Crippen molar-refractivity contribution in [3.8, 4) is 0 Å². The molecule has 0 saturated carbocycles. The van der Waals surface area contributed by atoms with Crippen LogP contribution in [0.3, 0.4) is 0 Å². The number of nitrogens with zero attached hydrogens (tertiary/aromatic N) is 2. The number of benzene rings is 1. The van der Waals surface area contributed by atoms with E-state index in [1.54, 1.807) is 12.4 Å². The standard InChI is InChI=1S/C11H14N2/c1-10-5-3-4-6-11(10)13-8-7-12(2)9-13/h3-8H,9H2,1-2H3/i2D3. The minimum absolute atomic E-state index is 0.376. The first kappa shape index (κ1) is 5.32. The molecule has 0 atom stereocenters. The van der Waals surface area contributed by atoms with Crippen LogP contribution >= 0.6 is 0 Å². The van der Waals surface area contributed by atoms with Gasteiger partial charge in [0.1, 0.15) is 0 Å². The zero-order valence-electron chi connectivity index (χ0n) is 10.6. The zero-order valence-corrected chi connectivity index (χ0v) is 7.57. The molecule has 1 aliphatic heterocycles. The third-order valence-corrected chi connectivity index (χ3v) is 2.16. The van der Waals surface area contributed by atoms with Crippen molar-refractivity contribution in [2.24, 2.45) is 0 Å². The quantitative estimate of drug-likeness (QED) is 0.648. The second kappa shape index (κ2) is 3.13. The van der Waals surface area contributed by atoms with Gasteiger partial charge in [0.05, 0.1) is 6.67 Å². The van der Waals surface area contributed by atoms with Crippen LogP contribution in [0.5, 0.6) is 0 Å². The Morgan fingerprint density at radius 3 is 2.85 bits per heavy atom. The van der Waals surface area contributed by atoms with Crippen molar-refractivity contribution in [1.29, 1.82) is 0 Å². The fourth-order valence-corrected chi connectivity index (χ4v) is 1.46. The minimum Gasteiger partial charge on any atom is -0.361 e. The number of rotatable bonds is 1. The van der Waals surface area contributed by atoms with E-state index in [1.165, 1.54) is 4.90 Å². The lowest BCUT2D eigenvalue weighted by Crippen LogP contribution is -2.22. The zero-order chi connectivity index (χ0) is 11.8. The van der Waals surface area contributed by atoms with Gasteiger partial charge in [0.25, 0.3) is 0 Å². The van der Waals surface area contributed by atoms with E-state index < -0.39 is 6.98 Å². The summed E-state index contributed by atoms with van der Waals surface area (Å²) < 4.78 is 21.9. The van der Waals surface area contributed by atoms with Crippen LogP contribution < -0.4 is 4.90 Å². The summed E-state index contributed by atoms with van der Waals surface area (Å²) in [4.78, 5) is 3.28. The molecular weight excluding hydrogens is 160 g/mol. The first-order valence-corrected chi connectivity index (χ1v) is 4.26. The molecule has 0 N–H and O–H groups in total. The first-order valence-electron chi connectivity index (χ1n) is 5.76. The number of para-hydroxylation sites is 1. The molecule has 0 radical (unpaired) electrons. The van der Waals surface area contributed by atoms with Gasteiger partial charge in [0, 0.05) is 29.2 Å². The predicted octanol–water partition coefficient (Wildman–Crippen LogP) is 2.18. The van der Waals surface area contributed by atoms with Gasteiger partial charge in [0.2, 0.25) is 0 Å². The SMILES string of the molecule is [2H]C([2H])([2H])N1C=CN(c2ccccc2C)C1. The van der Waals surface area contributed by atoms with E-state index in [0.29, 0.717) is 6.67 Å². The maximum Gasteiger partial charge on any atom is 0.0939 e. The van der Waals surface area contributed by atoms with Gasteiger partial charge in [-0.1, -0.05) is 18.2 Å². The van der Waals surface area contributed by atoms with Crippen molar-refractivity contribution in [3.63, 3.8) is 0 Å². The molecule has 0 aliphatic carbocycles. The summed E-state index contributed by atoms with van der Waals surface area (Å²) in [6, 6.07) is 7.93. The lowest BCUT2D eigenvalue weighted by Gasteiger charge is -2.19. The smallest absolute Gasteiger partial charge is 0.0939 e. The Morgan fingerprint density at radius 2 is 2.15 bits per heavy atom. The van der Waals surface area contributed by atoms with E-state index in [1.807, 2.05) is 36.1 Å². The maximum atomic E-state index is 7.32. The Kier molecular flexibility index (Phi) is 1.28. The van der Waals surface area contributed by atoms with Gasteiger partial charge < -0.3 is 9.80 Å². The normalized spacial score (nSPS) is 19.9. The topological polar surface area (TPSA) is 6.48 Å². The summed E-state index contributed by atoms with van der Waals surface area (Å²) in [5.41, 5.74) is 2.19. The van der Waals surface area contributed by atoms with Crippen molar-refractivity contribution in [2.75, 3.05) is 18.5 Å². The van der Waals surface area contributed by atoms with Crippen LogP contribution in [-0.4, -0.2) is 18.5 Å². The molecule has 2 heteroatoms. The number of anilines is 1. The lowest BCUT2D eigenvalue weighted by molar-refractivity contribution is 0.495. The molecule has 0 unspecified atom stereocenters. The van der Waals surface area contributed by atoms with E-state index in [2.05, 4.69) is 0 Å². The summed E-state index contributed by atoms with van der Waals surface area (Å²) in [7, 11) is 0. The monoisotopic (exact) mass is 177 g/mol. The third kappa shape index (κ3) is 1.52. The van der Waals surface area contributed by atoms with Crippen LogP contribution in [0, 0.1) is 6.92 Å². The van der Waals surface area contributed by atoms with Gasteiger partial charge in [-0.25, -0.2) is 0 Å². The molecule has 0 saturated heterocycles. The highest BCUT2D eigenvalue weighted by molar-refractivity contribution is 5.55. The van der Waals surface area contributed by atoms with Crippen LogP contribution in [0.1, 0.15) is 9.68 Å². The summed E-state index contributed by atoms with van der Waals surface area (Å²) in [5, 5.41) is 0. The summed E-state index contributed by atoms with van der Waals surface area (Å²) in [6.07, 6.45) is 3.41. The first-order chi connectivity index (χ1) is 7.48. The molecule has 13 heavy (non-hydrogen) atoms. The second-order valence-corrected chi connectivity index (χ2v) is 3.17. The molecule has 2 nitrogen and oxygen atoms in total. The Balaban J connectivity index is 2.17. The van der Waals surface area contributed by atoms with Crippen molar-refractivity contribution >= 4 is 5.69 Å². The molecule has 2 rings (SSSR count). The van der Waals surface area contributed by atoms with Gasteiger partial charge in [-0.3, -0.25) is 0 Å². The van der Waals surface area contributed by atoms with Crippen LogP contribution in [0.4, 0.5) is 5.69 Å².